The van der Waals surface area contributed by atoms with Crippen LogP contribution in [0.25, 0.3) is 10.9 Å². The summed E-state index contributed by atoms with van der Waals surface area (Å²) >= 11 is 2.16. The van der Waals surface area contributed by atoms with Gasteiger partial charge in [-0.1, -0.05) is 12.0 Å². The first-order chi connectivity index (χ1) is 15.3. The number of hydrogen-bond acceptors (Lipinski definition) is 6. The van der Waals surface area contributed by atoms with Crippen molar-refractivity contribution in [2.24, 2.45) is 0 Å². The average molecular weight is 550 g/mol. The number of alkyl halides is 2. The number of nitrogens with one attached hydrogen (secondary N) is 1. The van der Waals surface area contributed by atoms with Crippen molar-refractivity contribution in [3.05, 3.63) is 45.8 Å². The number of terminal acetylenes is 1. The fourth-order valence-corrected chi connectivity index (χ4v) is 4.34. The number of hydrogen-bond donors (Lipinski definition) is 1. The maximum Gasteiger partial charge on any atom is 0.296 e. The predicted molar refractivity (Wildman–Crippen MR) is 128 cm³/mol. The molecule has 1 aliphatic heterocycles. The molecular formula is C23H21F2IN4O2. The van der Waals surface area contributed by atoms with Gasteiger partial charge in [-0.2, -0.15) is 0 Å². The highest BCUT2D eigenvalue weighted by Gasteiger charge is 2.45. The second kappa shape index (κ2) is 9.03. The molecule has 1 unspecified atom stereocenters. The summed E-state index contributed by atoms with van der Waals surface area (Å²) in [6, 6.07) is 8.85. The maximum absolute atomic E-state index is 14.7. The maximum atomic E-state index is 14.7. The van der Waals surface area contributed by atoms with Crippen LogP contribution in [0, 0.1) is 15.9 Å². The number of nitrogens with zero attached hydrogens (tertiary/aromatic N) is 3. The SMILES string of the molecule is C#Cc1cccc(Nc2ncnc3cc(OC)cc(OC4CCN(C)CC4(F)F)c23)c1I. The molecule has 0 amide bonds. The first-order valence-corrected chi connectivity index (χ1v) is 11.0. The van der Waals surface area contributed by atoms with Crippen LogP contribution in [-0.2, 0) is 0 Å². The van der Waals surface area contributed by atoms with Crippen molar-refractivity contribution in [1.29, 1.82) is 0 Å². The molecule has 2 heterocycles. The van der Waals surface area contributed by atoms with E-state index in [1.165, 1.54) is 13.4 Å². The summed E-state index contributed by atoms with van der Waals surface area (Å²) in [6.45, 7) is 0.152. The molecule has 6 nitrogen and oxygen atoms in total. The van der Waals surface area contributed by atoms with Crippen LogP contribution < -0.4 is 14.8 Å². The van der Waals surface area contributed by atoms with Gasteiger partial charge < -0.3 is 19.7 Å². The summed E-state index contributed by atoms with van der Waals surface area (Å²) in [6.07, 6.45) is 5.90. The van der Waals surface area contributed by atoms with Gasteiger partial charge in [0.2, 0.25) is 0 Å². The average Bonchev–Trinajstić information content (AvgIpc) is 2.76. The molecular weight excluding hydrogens is 529 g/mol. The highest BCUT2D eigenvalue weighted by molar-refractivity contribution is 14.1. The lowest BCUT2D eigenvalue weighted by molar-refractivity contribution is -0.134. The Labute approximate surface area is 198 Å². The zero-order chi connectivity index (χ0) is 22.9. The lowest BCUT2D eigenvalue weighted by Crippen LogP contribution is -2.52. The minimum absolute atomic E-state index is 0.195. The summed E-state index contributed by atoms with van der Waals surface area (Å²) in [5.41, 5.74) is 1.99. The van der Waals surface area contributed by atoms with Crippen LogP contribution in [0.3, 0.4) is 0 Å². The van der Waals surface area contributed by atoms with E-state index in [9.17, 15) is 8.78 Å². The Bertz CT molecular complexity index is 1200. The predicted octanol–water partition coefficient (Wildman–Crippen LogP) is 4.69. The number of ether oxygens (including phenoxy) is 2. The van der Waals surface area contributed by atoms with Gasteiger partial charge in [0, 0.05) is 30.7 Å². The van der Waals surface area contributed by atoms with Crippen molar-refractivity contribution in [3.8, 4) is 23.8 Å². The van der Waals surface area contributed by atoms with E-state index >= 15 is 0 Å². The minimum atomic E-state index is -3.00. The zero-order valence-corrected chi connectivity index (χ0v) is 19.7. The highest BCUT2D eigenvalue weighted by Crippen LogP contribution is 2.39. The van der Waals surface area contributed by atoms with E-state index in [4.69, 9.17) is 15.9 Å². The molecule has 0 bridgehead atoms. The van der Waals surface area contributed by atoms with Crippen molar-refractivity contribution in [2.75, 3.05) is 32.6 Å². The van der Waals surface area contributed by atoms with Gasteiger partial charge in [-0.05, 0) is 41.8 Å². The molecule has 2 aromatic carbocycles. The van der Waals surface area contributed by atoms with Crippen LogP contribution in [0.1, 0.15) is 12.0 Å². The molecule has 0 saturated carbocycles. The minimum Gasteiger partial charge on any atom is -0.497 e. The van der Waals surface area contributed by atoms with Crippen LogP contribution in [0.15, 0.2) is 36.7 Å². The van der Waals surface area contributed by atoms with E-state index in [2.05, 4.69) is 43.8 Å². The Morgan fingerprint density at radius 1 is 1.31 bits per heavy atom. The Balaban J connectivity index is 1.80. The van der Waals surface area contributed by atoms with Gasteiger partial charge in [-0.3, -0.25) is 0 Å². The second-order valence-corrected chi connectivity index (χ2v) is 8.65. The van der Waals surface area contributed by atoms with E-state index in [1.54, 1.807) is 24.1 Å². The summed E-state index contributed by atoms with van der Waals surface area (Å²) in [5.74, 6) is 0.764. The molecule has 32 heavy (non-hydrogen) atoms. The number of rotatable bonds is 5. The quantitative estimate of drug-likeness (QED) is 0.368. The lowest BCUT2D eigenvalue weighted by atomic mass is 10.0. The number of halogens is 3. The molecule has 4 rings (SSSR count). The molecule has 1 N–H and O–H groups in total. The van der Waals surface area contributed by atoms with Crippen molar-refractivity contribution < 1.29 is 18.3 Å². The van der Waals surface area contributed by atoms with Crippen molar-refractivity contribution in [2.45, 2.75) is 18.4 Å². The Kier molecular flexibility index (Phi) is 6.35. The Morgan fingerprint density at radius 3 is 2.84 bits per heavy atom. The molecule has 1 fully saturated rings. The number of fused-ring (bicyclic) bond motifs is 1. The Hall–Kier alpha value is -2.71. The van der Waals surface area contributed by atoms with Crippen LogP contribution >= 0.6 is 22.6 Å². The number of methoxy groups -OCH3 is 1. The molecule has 0 radical (unpaired) electrons. The van der Waals surface area contributed by atoms with Crippen LogP contribution in [0.5, 0.6) is 11.5 Å². The third-order valence-electron chi connectivity index (χ3n) is 5.31. The van der Waals surface area contributed by atoms with E-state index in [1.807, 2.05) is 18.2 Å². The molecule has 0 aliphatic carbocycles. The lowest BCUT2D eigenvalue weighted by Gasteiger charge is -2.36. The molecule has 0 spiro atoms. The van der Waals surface area contributed by atoms with Gasteiger partial charge in [0.05, 0.1) is 33.8 Å². The van der Waals surface area contributed by atoms with Crippen LogP contribution in [0.4, 0.5) is 20.3 Å². The summed E-state index contributed by atoms with van der Waals surface area (Å²) in [4.78, 5) is 10.3. The first-order valence-electron chi connectivity index (χ1n) is 9.90. The fraction of sp³-hybridized carbons (Fsp3) is 0.304. The number of anilines is 2. The molecule has 3 aromatic rings. The molecule has 166 valence electrons. The van der Waals surface area contributed by atoms with Crippen LogP contribution in [-0.4, -0.2) is 54.1 Å². The van der Waals surface area contributed by atoms with Crippen molar-refractivity contribution in [3.63, 3.8) is 0 Å². The fourth-order valence-electron chi connectivity index (χ4n) is 3.69. The van der Waals surface area contributed by atoms with E-state index in [-0.39, 0.29) is 18.7 Å². The van der Waals surface area contributed by atoms with Crippen LogP contribution in [0.2, 0.25) is 0 Å². The Morgan fingerprint density at radius 2 is 2.12 bits per heavy atom. The summed E-state index contributed by atoms with van der Waals surface area (Å²) in [7, 11) is 3.18. The number of benzene rings is 2. The van der Waals surface area contributed by atoms with Gasteiger partial charge in [-0.25, -0.2) is 18.7 Å². The van der Waals surface area contributed by atoms with E-state index in [0.29, 0.717) is 29.0 Å². The first kappa shape index (κ1) is 22.5. The normalized spacial score (nSPS) is 18.2. The third-order valence-corrected chi connectivity index (χ3v) is 6.47. The molecule has 1 aliphatic rings. The third kappa shape index (κ3) is 4.42. The van der Waals surface area contributed by atoms with Crippen molar-refractivity contribution >= 4 is 45.0 Å². The summed E-state index contributed by atoms with van der Waals surface area (Å²) in [5, 5.41) is 3.75. The van der Waals surface area contributed by atoms with Crippen molar-refractivity contribution in [1.82, 2.24) is 14.9 Å². The highest BCUT2D eigenvalue weighted by atomic mass is 127. The van der Waals surface area contributed by atoms with Gasteiger partial charge in [-0.15, -0.1) is 6.42 Å². The number of likely N-dealkylation sites (tertiary alicyclic amines) is 1. The second-order valence-electron chi connectivity index (χ2n) is 7.57. The van der Waals surface area contributed by atoms with E-state index < -0.39 is 12.0 Å². The zero-order valence-electron chi connectivity index (χ0n) is 17.5. The largest absolute Gasteiger partial charge is 0.497 e. The standard InChI is InChI=1S/C23H21F2IN4O2/c1-4-14-6-5-7-16(21(14)26)29-22-20-17(27-13-28-22)10-15(31-3)11-18(20)32-19-8-9-30(2)12-23(19,24)25/h1,5-7,10-11,13,19H,8-9,12H2,2-3H3,(H,27,28,29). The smallest absolute Gasteiger partial charge is 0.296 e. The monoisotopic (exact) mass is 550 g/mol. The van der Waals surface area contributed by atoms with Gasteiger partial charge in [0.1, 0.15) is 23.6 Å². The van der Waals surface area contributed by atoms with Gasteiger partial charge >= 0.3 is 0 Å². The van der Waals surface area contributed by atoms with Gasteiger partial charge in [0.25, 0.3) is 5.92 Å². The molecule has 9 heteroatoms. The summed E-state index contributed by atoms with van der Waals surface area (Å²) < 4.78 is 41.5. The molecule has 1 atom stereocenters. The number of aromatic nitrogens is 2. The molecule has 1 aromatic heterocycles. The topological polar surface area (TPSA) is 59.5 Å². The number of piperidine rings is 1. The van der Waals surface area contributed by atoms with E-state index in [0.717, 1.165) is 14.8 Å². The molecule has 1 saturated heterocycles. The van der Waals surface area contributed by atoms with Gasteiger partial charge in [0.15, 0.2) is 6.10 Å².